The maximum Gasteiger partial charge on any atom is 0.252 e. The fraction of sp³-hybridized carbons (Fsp3) is 0.125. The number of rotatable bonds is 1. The SMILES string of the molecule is CNC(=O)c1ccc(Br)cc1Cl. The Morgan fingerprint density at radius 2 is 2.25 bits per heavy atom. The van der Waals surface area contributed by atoms with E-state index in [1.54, 1.807) is 25.2 Å². The highest BCUT2D eigenvalue weighted by Gasteiger charge is 2.07. The van der Waals surface area contributed by atoms with E-state index in [0.717, 1.165) is 4.47 Å². The quantitative estimate of drug-likeness (QED) is 0.813. The minimum atomic E-state index is -0.174. The van der Waals surface area contributed by atoms with Crippen molar-refractivity contribution in [2.45, 2.75) is 0 Å². The van der Waals surface area contributed by atoms with Crippen LogP contribution in [-0.4, -0.2) is 13.0 Å². The Labute approximate surface area is 84.0 Å². The van der Waals surface area contributed by atoms with E-state index < -0.39 is 0 Å². The summed E-state index contributed by atoms with van der Waals surface area (Å²) in [6, 6.07) is 5.13. The molecule has 0 radical (unpaired) electrons. The molecule has 0 bridgehead atoms. The van der Waals surface area contributed by atoms with Crippen molar-refractivity contribution in [2.24, 2.45) is 0 Å². The number of nitrogens with one attached hydrogen (secondary N) is 1. The lowest BCUT2D eigenvalue weighted by Crippen LogP contribution is -2.17. The Hall–Kier alpha value is -0.540. The Balaban J connectivity index is 3.09. The van der Waals surface area contributed by atoms with Gasteiger partial charge in [0.1, 0.15) is 0 Å². The third-order valence-electron chi connectivity index (χ3n) is 1.40. The molecule has 0 aliphatic rings. The first kappa shape index (κ1) is 9.55. The van der Waals surface area contributed by atoms with Crippen molar-refractivity contribution in [3.8, 4) is 0 Å². The molecule has 1 amide bonds. The second-order valence-corrected chi connectivity index (χ2v) is 3.53. The summed E-state index contributed by atoms with van der Waals surface area (Å²) < 4.78 is 0.861. The predicted octanol–water partition coefficient (Wildman–Crippen LogP) is 2.46. The van der Waals surface area contributed by atoms with E-state index in [4.69, 9.17) is 11.6 Å². The first-order valence-electron chi connectivity index (χ1n) is 3.32. The molecule has 4 heteroatoms. The molecule has 1 aromatic carbocycles. The third-order valence-corrected chi connectivity index (χ3v) is 2.21. The van der Waals surface area contributed by atoms with Crippen molar-refractivity contribution in [3.05, 3.63) is 33.3 Å². The zero-order valence-electron chi connectivity index (χ0n) is 6.40. The first-order chi connectivity index (χ1) is 5.65. The second-order valence-electron chi connectivity index (χ2n) is 2.20. The highest BCUT2D eigenvalue weighted by Crippen LogP contribution is 2.20. The van der Waals surface area contributed by atoms with E-state index >= 15 is 0 Å². The third kappa shape index (κ3) is 1.99. The number of hydrogen-bond acceptors (Lipinski definition) is 1. The average Bonchev–Trinajstić information content (AvgIpc) is 2.03. The molecular formula is C8H7BrClNO. The zero-order valence-corrected chi connectivity index (χ0v) is 8.74. The summed E-state index contributed by atoms with van der Waals surface area (Å²) in [6.07, 6.45) is 0. The molecule has 2 nitrogen and oxygen atoms in total. The maximum absolute atomic E-state index is 11.1. The van der Waals surface area contributed by atoms with Crippen LogP contribution in [0.2, 0.25) is 5.02 Å². The van der Waals surface area contributed by atoms with Crippen LogP contribution in [-0.2, 0) is 0 Å². The monoisotopic (exact) mass is 247 g/mol. The lowest BCUT2D eigenvalue weighted by molar-refractivity contribution is 0.0963. The van der Waals surface area contributed by atoms with Gasteiger partial charge in [-0.25, -0.2) is 0 Å². The molecular weight excluding hydrogens is 241 g/mol. The van der Waals surface area contributed by atoms with Crippen LogP contribution in [0.15, 0.2) is 22.7 Å². The van der Waals surface area contributed by atoms with Crippen molar-refractivity contribution >= 4 is 33.4 Å². The highest BCUT2D eigenvalue weighted by molar-refractivity contribution is 9.10. The molecule has 64 valence electrons. The van der Waals surface area contributed by atoms with Crippen LogP contribution in [0.25, 0.3) is 0 Å². The Morgan fingerprint density at radius 3 is 2.75 bits per heavy atom. The molecule has 0 atom stereocenters. The minimum absolute atomic E-state index is 0.174. The maximum atomic E-state index is 11.1. The van der Waals surface area contributed by atoms with E-state index in [1.165, 1.54) is 0 Å². The lowest BCUT2D eigenvalue weighted by Gasteiger charge is -2.01. The number of amides is 1. The molecule has 0 aliphatic heterocycles. The van der Waals surface area contributed by atoms with Gasteiger partial charge in [0.2, 0.25) is 0 Å². The normalized spacial score (nSPS) is 9.58. The second kappa shape index (κ2) is 3.92. The summed E-state index contributed by atoms with van der Waals surface area (Å²) in [5.41, 5.74) is 0.488. The standard InChI is InChI=1S/C8H7BrClNO/c1-11-8(12)6-3-2-5(9)4-7(6)10/h2-4H,1H3,(H,11,12). The Bertz CT molecular complexity index is 314. The van der Waals surface area contributed by atoms with Gasteiger partial charge in [-0.05, 0) is 18.2 Å². The average molecular weight is 249 g/mol. The minimum Gasteiger partial charge on any atom is -0.355 e. The number of carbonyl (C=O) groups is 1. The van der Waals surface area contributed by atoms with Crippen LogP contribution in [0.4, 0.5) is 0 Å². The Morgan fingerprint density at radius 1 is 1.58 bits per heavy atom. The van der Waals surface area contributed by atoms with Crippen LogP contribution in [0, 0.1) is 0 Å². The van der Waals surface area contributed by atoms with Crippen molar-refractivity contribution in [3.63, 3.8) is 0 Å². The molecule has 0 spiro atoms. The van der Waals surface area contributed by atoms with Crippen molar-refractivity contribution < 1.29 is 4.79 Å². The van der Waals surface area contributed by atoms with Gasteiger partial charge in [-0.3, -0.25) is 4.79 Å². The van der Waals surface area contributed by atoms with Crippen molar-refractivity contribution in [1.82, 2.24) is 5.32 Å². The van der Waals surface area contributed by atoms with Crippen LogP contribution in [0.3, 0.4) is 0 Å². The van der Waals surface area contributed by atoms with E-state index in [-0.39, 0.29) is 5.91 Å². The van der Waals surface area contributed by atoms with Crippen LogP contribution in [0.1, 0.15) is 10.4 Å². The number of hydrogen-bond donors (Lipinski definition) is 1. The smallest absolute Gasteiger partial charge is 0.252 e. The summed E-state index contributed by atoms with van der Waals surface area (Å²) in [5, 5.41) is 2.95. The van der Waals surface area contributed by atoms with Gasteiger partial charge in [0.15, 0.2) is 0 Å². The molecule has 1 rings (SSSR count). The van der Waals surface area contributed by atoms with Gasteiger partial charge < -0.3 is 5.32 Å². The van der Waals surface area contributed by atoms with Gasteiger partial charge >= 0.3 is 0 Å². The number of benzene rings is 1. The van der Waals surface area contributed by atoms with E-state index in [2.05, 4.69) is 21.2 Å². The molecule has 1 aromatic rings. The number of carbonyl (C=O) groups excluding carboxylic acids is 1. The number of halogens is 2. The molecule has 0 aliphatic carbocycles. The fourth-order valence-corrected chi connectivity index (χ4v) is 1.57. The van der Waals surface area contributed by atoms with Crippen LogP contribution < -0.4 is 5.32 Å². The molecule has 0 heterocycles. The predicted molar refractivity (Wildman–Crippen MR) is 52.5 cm³/mol. The van der Waals surface area contributed by atoms with Gasteiger partial charge in [-0.2, -0.15) is 0 Å². The molecule has 1 N–H and O–H groups in total. The van der Waals surface area contributed by atoms with E-state index in [1.807, 2.05) is 0 Å². The van der Waals surface area contributed by atoms with Gasteiger partial charge in [0.05, 0.1) is 10.6 Å². The van der Waals surface area contributed by atoms with Gasteiger partial charge in [-0.1, -0.05) is 27.5 Å². The van der Waals surface area contributed by atoms with Gasteiger partial charge in [-0.15, -0.1) is 0 Å². The summed E-state index contributed by atoms with van der Waals surface area (Å²) in [4.78, 5) is 11.1. The van der Waals surface area contributed by atoms with Crippen molar-refractivity contribution in [1.29, 1.82) is 0 Å². The summed E-state index contributed by atoms with van der Waals surface area (Å²) in [6.45, 7) is 0. The molecule has 0 fully saturated rings. The zero-order chi connectivity index (χ0) is 9.14. The van der Waals surface area contributed by atoms with E-state index in [0.29, 0.717) is 10.6 Å². The largest absolute Gasteiger partial charge is 0.355 e. The van der Waals surface area contributed by atoms with Gasteiger partial charge in [0, 0.05) is 11.5 Å². The summed E-state index contributed by atoms with van der Waals surface area (Å²) in [5.74, 6) is -0.174. The highest BCUT2D eigenvalue weighted by atomic mass is 79.9. The molecule has 0 aromatic heterocycles. The fourth-order valence-electron chi connectivity index (χ4n) is 0.808. The summed E-state index contributed by atoms with van der Waals surface area (Å²) >= 11 is 9.06. The Kier molecular flexibility index (Phi) is 3.12. The van der Waals surface area contributed by atoms with Crippen LogP contribution in [0.5, 0.6) is 0 Å². The topological polar surface area (TPSA) is 29.1 Å². The first-order valence-corrected chi connectivity index (χ1v) is 4.49. The lowest BCUT2D eigenvalue weighted by atomic mass is 10.2. The molecule has 0 saturated heterocycles. The summed E-state index contributed by atoms with van der Waals surface area (Å²) in [7, 11) is 1.57. The van der Waals surface area contributed by atoms with Gasteiger partial charge in [0.25, 0.3) is 5.91 Å². The van der Waals surface area contributed by atoms with Crippen molar-refractivity contribution in [2.75, 3.05) is 7.05 Å². The molecule has 0 unspecified atom stereocenters. The molecule has 12 heavy (non-hydrogen) atoms. The molecule has 0 saturated carbocycles. The van der Waals surface area contributed by atoms with E-state index in [9.17, 15) is 4.79 Å². The van der Waals surface area contributed by atoms with Crippen LogP contribution >= 0.6 is 27.5 Å².